The normalized spacial score (nSPS) is 17.7. The summed E-state index contributed by atoms with van der Waals surface area (Å²) in [6.45, 7) is 7.53. The van der Waals surface area contributed by atoms with Crippen LogP contribution in [0, 0.1) is 12.4 Å². The molecule has 11 nitrogen and oxygen atoms in total. The Balaban J connectivity index is 1.57. The number of hydroxylamine groups is 2. The van der Waals surface area contributed by atoms with E-state index >= 15 is 0 Å². The smallest absolute Gasteiger partial charge is 0.322 e. The highest BCUT2D eigenvalue weighted by molar-refractivity contribution is 5.95. The third-order valence-electron chi connectivity index (χ3n) is 5.36. The van der Waals surface area contributed by atoms with Crippen LogP contribution in [0.2, 0.25) is 0 Å². The number of hydrogen-bond donors (Lipinski definition) is 2. The van der Waals surface area contributed by atoms with Gasteiger partial charge in [0, 0.05) is 38.3 Å². The molecule has 0 saturated heterocycles. The van der Waals surface area contributed by atoms with Gasteiger partial charge in [-0.3, -0.25) is 19.1 Å². The maximum absolute atomic E-state index is 13.5. The SMILES string of the molecule is [C-]#[N+]c1cc(NC(=O)N2CCc3nn4c(c3C2)C(=O)N(C)OC(C(=O)NC)C4)ccc1F. The van der Waals surface area contributed by atoms with Gasteiger partial charge in [-0.15, -0.1) is 0 Å². The van der Waals surface area contributed by atoms with Crippen LogP contribution in [-0.2, 0) is 29.1 Å². The van der Waals surface area contributed by atoms with E-state index < -0.39 is 23.9 Å². The zero-order valence-corrected chi connectivity index (χ0v) is 17.4. The molecule has 32 heavy (non-hydrogen) atoms. The third kappa shape index (κ3) is 3.74. The quantitative estimate of drug-likeness (QED) is 0.682. The number of nitrogens with zero attached hydrogens (tertiary/aromatic N) is 5. The van der Waals surface area contributed by atoms with E-state index in [0.717, 1.165) is 11.1 Å². The van der Waals surface area contributed by atoms with E-state index in [1.807, 2.05) is 0 Å². The van der Waals surface area contributed by atoms with E-state index in [1.165, 1.54) is 35.8 Å². The van der Waals surface area contributed by atoms with Crippen molar-refractivity contribution in [2.75, 3.05) is 26.0 Å². The summed E-state index contributed by atoms with van der Waals surface area (Å²) < 4.78 is 15.0. The third-order valence-corrected chi connectivity index (χ3v) is 5.36. The molecule has 4 amide bonds. The molecule has 4 rings (SSSR count). The van der Waals surface area contributed by atoms with Crippen LogP contribution in [0.3, 0.4) is 0 Å². The number of urea groups is 1. The van der Waals surface area contributed by atoms with Gasteiger partial charge in [0.2, 0.25) is 5.69 Å². The number of rotatable bonds is 2. The molecule has 3 heterocycles. The van der Waals surface area contributed by atoms with Gasteiger partial charge < -0.3 is 15.5 Å². The molecule has 1 atom stereocenters. The Morgan fingerprint density at radius 2 is 2.16 bits per heavy atom. The van der Waals surface area contributed by atoms with E-state index in [9.17, 15) is 18.8 Å². The molecule has 12 heteroatoms. The van der Waals surface area contributed by atoms with Gasteiger partial charge in [0.05, 0.1) is 25.4 Å². The van der Waals surface area contributed by atoms with Gasteiger partial charge in [0.1, 0.15) is 11.5 Å². The Kier molecular flexibility index (Phi) is 5.50. The first-order valence-electron chi connectivity index (χ1n) is 9.80. The molecule has 2 aliphatic heterocycles. The lowest BCUT2D eigenvalue weighted by atomic mass is 10.1. The molecule has 0 saturated carbocycles. The minimum absolute atomic E-state index is 0.0548. The summed E-state index contributed by atoms with van der Waals surface area (Å²) in [5, 5.41) is 10.6. The number of benzene rings is 1. The predicted octanol–water partition coefficient (Wildman–Crippen LogP) is 1.29. The standard InChI is InChI=1S/C20H20FN7O4/c1-22-15-8-11(4-5-13(15)21)24-20(31)27-7-6-14-12(9-27)17-19(30)26(3)32-16(18(29)23-2)10-28(17)25-14/h4-5,8,16H,6-7,9-10H2,2-3H3,(H,23,29)(H,24,31). The van der Waals surface area contributed by atoms with Crippen molar-refractivity contribution in [1.29, 1.82) is 0 Å². The molecule has 0 aliphatic carbocycles. The molecule has 0 radical (unpaired) electrons. The summed E-state index contributed by atoms with van der Waals surface area (Å²) in [7, 11) is 2.90. The summed E-state index contributed by atoms with van der Waals surface area (Å²) in [5.74, 6) is -1.51. The number of aromatic nitrogens is 2. The summed E-state index contributed by atoms with van der Waals surface area (Å²) >= 11 is 0. The van der Waals surface area contributed by atoms with Crippen molar-refractivity contribution in [2.45, 2.75) is 25.6 Å². The lowest BCUT2D eigenvalue weighted by molar-refractivity contribution is -0.168. The second kappa shape index (κ2) is 8.27. The molecule has 166 valence electrons. The van der Waals surface area contributed by atoms with Gasteiger partial charge in [0.25, 0.3) is 11.8 Å². The first-order chi connectivity index (χ1) is 15.3. The van der Waals surface area contributed by atoms with Crippen molar-refractivity contribution in [1.82, 2.24) is 25.1 Å². The van der Waals surface area contributed by atoms with Crippen LogP contribution < -0.4 is 10.6 Å². The number of hydrogen-bond acceptors (Lipinski definition) is 5. The lowest BCUT2D eigenvalue weighted by Gasteiger charge is -2.27. The number of amides is 4. The molecule has 2 aliphatic rings. The van der Waals surface area contributed by atoms with Crippen LogP contribution in [0.4, 0.5) is 20.6 Å². The average molecular weight is 441 g/mol. The topological polar surface area (TPSA) is 113 Å². The zero-order chi connectivity index (χ0) is 23.0. The van der Waals surface area contributed by atoms with Gasteiger partial charge in [-0.2, -0.15) is 5.10 Å². The molecule has 1 aromatic carbocycles. The van der Waals surface area contributed by atoms with Crippen molar-refractivity contribution >= 4 is 29.2 Å². The monoisotopic (exact) mass is 441 g/mol. The molecule has 2 aromatic rings. The Morgan fingerprint density at radius 1 is 1.38 bits per heavy atom. The van der Waals surface area contributed by atoms with Gasteiger partial charge >= 0.3 is 6.03 Å². The van der Waals surface area contributed by atoms with Crippen molar-refractivity contribution in [2.24, 2.45) is 0 Å². The van der Waals surface area contributed by atoms with Crippen LogP contribution in [0.15, 0.2) is 18.2 Å². The maximum atomic E-state index is 13.5. The Hall–Kier alpha value is -3.98. The fraction of sp³-hybridized carbons (Fsp3) is 0.350. The second-order valence-electron chi connectivity index (χ2n) is 7.35. The molecule has 2 N–H and O–H groups in total. The summed E-state index contributed by atoms with van der Waals surface area (Å²) in [5.41, 5.74) is 1.64. The average Bonchev–Trinajstić information content (AvgIpc) is 3.09. The van der Waals surface area contributed by atoms with Crippen LogP contribution in [0.1, 0.15) is 21.7 Å². The van der Waals surface area contributed by atoms with E-state index in [-0.39, 0.29) is 30.4 Å². The maximum Gasteiger partial charge on any atom is 0.322 e. The number of halogens is 1. The Bertz CT molecular complexity index is 1160. The molecule has 0 spiro atoms. The fourth-order valence-corrected chi connectivity index (χ4v) is 3.72. The number of likely N-dealkylation sites (N-methyl/N-ethyl adjacent to an activating group) is 1. The number of anilines is 1. The zero-order valence-electron chi connectivity index (χ0n) is 17.4. The summed E-state index contributed by atoms with van der Waals surface area (Å²) in [4.78, 5) is 47.8. The van der Waals surface area contributed by atoms with E-state index in [4.69, 9.17) is 11.4 Å². The van der Waals surface area contributed by atoms with Crippen molar-refractivity contribution in [3.05, 3.63) is 52.4 Å². The highest BCUT2D eigenvalue weighted by Gasteiger charge is 2.37. The first kappa shape index (κ1) is 21.3. The van der Waals surface area contributed by atoms with Gasteiger partial charge in [-0.1, -0.05) is 0 Å². The number of carbonyl (C=O) groups is 3. The lowest BCUT2D eigenvalue weighted by Crippen LogP contribution is -2.41. The van der Waals surface area contributed by atoms with Crippen molar-refractivity contribution < 1.29 is 23.6 Å². The molecular formula is C20H20FN7O4. The summed E-state index contributed by atoms with van der Waals surface area (Å²) in [6, 6.07) is 3.30. The minimum atomic E-state index is -0.925. The van der Waals surface area contributed by atoms with Crippen LogP contribution in [-0.4, -0.2) is 64.3 Å². The van der Waals surface area contributed by atoms with Gasteiger partial charge in [-0.05, 0) is 18.2 Å². The molecule has 0 fully saturated rings. The van der Waals surface area contributed by atoms with Crippen LogP contribution in [0.5, 0.6) is 0 Å². The number of carbonyl (C=O) groups excluding carboxylic acids is 3. The highest BCUT2D eigenvalue weighted by Crippen LogP contribution is 2.27. The summed E-state index contributed by atoms with van der Waals surface area (Å²) in [6.07, 6.45) is -0.506. The largest absolute Gasteiger partial charge is 0.357 e. The van der Waals surface area contributed by atoms with E-state index in [1.54, 1.807) is 0 Å². The number of fused-ring (bicyclic) bond motifs is 3. The van der Waals surface area contributed by atoms with Gasteiger partial charge in [-0.25, -0.2) is 19.1 Å². The van der Waals surface area contributed by atoms with Crippen LogP contribution >= 0.6 is 0 Å². The van der Waals surface area contributed by atoms with E-state index in [0.29, 0.717) is 29.9 Å². The number of nitrogens with one attached hydrogen (secondary N) is 2. The van der Waals surface area contributed by atoms with Crippen LogP contribution in [0.25, 0.3) is 4.85 Å². The first-order valence-corrected chi connectivity index (χ1v) is 9.80. The highest BCUT2D eigenvalue weighted by atomic mass is 19.1. The van der Waals surface area contributed by atoms with Crippen molar-refractivity contribution in [3.8, 4) is 0 Å². The molecular weight excluding hydrogens is 421 g/mol. The Morgan fingerprint density at radius 3 is 2.88 bits per heavy atom. The fourth-order valence-electron chi connectivity index (χ4n) is 3.72. The molecule has 1 unspecified atom stereocenters. The Labute approximate surface area is 182 Å². The van der Waals surface area contributed by atoms with Crippen molar-refractivity contribution in [3.63, 3.8) is 0 Å². The predicted molar refractivity (Wildman–Crippen MR) is 109 cm³/mol. The molecule has 1 aromatic heterocycles. The van der Waals surface area contributed by atoms with E-state index in [2.05, 4.69) is 20.6 Å². The van der Waals surface area contributed by atoms with Gasteiger partial charge in [0.15, 0.2) is 6.10 Å². The molecule has 0 bridgehead atoms. The second-order valence-corrected chi connectivity index (χ2v) is 7.35. The minimum Gasteiger partial charge on any atom is -0.357 e.